The normalized spacial score (nSPS) is 9.18. The van der Waals surface area contributed by atoms with Gasteiger partial charge in [0.25, 0.3) is 0 Å². The Labute approximate surface area is 70.6 Å². The minimum atomic E-state index is 0.261. The van der Waals surface area contributed by atoms with Gasteiger partial charge in [-0.1, -0.05) is 0 Å². The van der Waals surface area contributed by atoms with Crippen molar-refractivity contribution in [1.29, 1.82) is 0 Å². The van der Waals surface area contributed by atoms with Crippen LogP contribution in [-0.4, -0.2) is 10.1 Å². The number of rotatable bonds is 1. The van der Waals surface area contributed by atoms with Gasteiger partial charge < -0.3 is 11.1 Å². The number of nitrogens with zero attached hydrogens (tertiary/aromatic N) is 1. The summed E-state index contributed by atoms with van der Waals surface area (Å²) in [5.41, 5.74) is 7.17. The molecule has 0 spiro atoms. The smallest absolute Gasteiger partial charge is 0.168 e. The molecule has 0 saturated carbocycles. The van der Waals surface area contributed by atoms with E-state index in [1.54, 1.807) is 12.4 Å². The van der Waals surface area contributed by atoms with Crippen molar-refractivity contribution in [2.24, 2.45) is 5.73 Å². The molecule has 0 bridgehead atoms. The van der Waals surface area contributed by atoms with Crippen LogP contribution in [0, 0.1) is 6.92 Å². The second kappa shape index (κ2) is 3.30. The second-order valence-corrected chi connectivity index (χ2v) is 2.68. The minimum absolute atomic E-state index is 0.261. The SMILES string of the molecule is Cc1cncc(NC(N)=S)c1. The Morgan fingerprint density at radius 3 is 2.91 bits per heavy atom. The van der Waals surface area contributed by atoms with Crippen molar-refractivity contribution in [2.45, 2.75) is 6.92 Å². The van der Waals surface area contributed by atoms with Crippen LogP contribution in [0.2, 0.25) is 0 Å². The maximum absolute atomic E-state index is 5.27. The zero-order valence-electron chi connectivity index (χ0n) is 6.16. The average Bonchev–Trinajstić information content (AvgIpc) is 1.85. The summed E-state index contributed by atoms with van der Waals surface area (Å²) in [4.78, 5) is 3.96. The summed E-state index contributed by atoms with van der Waals surface area (Å²) in [6, 6.07) is 1.92. The first-order valence-corrected chi connectivity index (χ1v) is 3.57. The fourth-order valence-corrected chi connectivity index (χ4v) is 0.883. The molecule has 0 aliphatic rings. The molecule has 11 heavy (non-hydrogen) atoms. The summed E-state index contributed by atoms with van der Waals surface area (Å²) in [5, 5.41) is 3.05. The van der Waals surface area contributed by atoms with Crippen molar-refractivity contribution in [3.8, 4) is 0 Å². The van der Waals surface area contributed by atoms with E-state index in [2.05, 4.69) is 22.5 Å². The molecule has 0 amide bonds. The van der Waals surface area contributed by atoms with Crippen LogP contribution in [0.25, 0.3) is 0 Å². The molecular weight excluding hydrogens is 158 g/mol. The van der Waals surface area contributed by atoms with Gasteiger partial charge in [0.15, 0.2) is 5.11 Å². The number of aryl methyl sites for hydroxylation is 1. The van der Waals surface area contributed by atoms with Crippen LogP contribution < -0.4 is 11.1 Å². The van der Waals surface area contributed by atoms with E-state index in [-0.39, 0.29) is 5.11 Å². The van der Waals surface area contributed by atoms with Crippen LogP contribution in [0.3, 0.4) is 0 Å². The predicted molar refractivity (Wildman–Crippen MR) is 49.4 cm³/mol. The van der Waals surface area contributed by atoms with Gasteiger partial charge in [-0.05, 0) is 30.8 Å². The number of nitrogens with one attached hydrogen (secondary N) is 1. The molecule has 0 unspecified atom stereocenters. The van der Waals surface area contributed by atoms with Crippen LogP contribution >= 0.6 is 12.2 Å². The van der Waals surface area contributed by atoms with Gasteiger partial charge in [-0.2, -0.15) is 0 Å². The molecule has 0 aliphatic carbocycles. The van der Waals surface area contributed by atoms with Crippen molar-refractivity contribution >= 4 is 23.0 Å². The number of anilines is 1. The molecular formula is C7H9N3S. The largest absolute Gasteiger partial charge is 0.376 e. The maximum Gasteiger partial charge on any atom is 0.168 e. The number of thiocarbonyl (C=S) groups is 1. The van der Waals surface area contributed by atoms with E-state index >= 15 is 0 Å². The van der Waals surface area contributed by atoms with E-state index in [0.717, 1.165) is 11.3 Å². The third-order valence-corrected chi connectivity index (χ3v) is 1.24. The molecule has 1 aromatic heterocycles. The highest BCUT2D eigenvalue weighted by molar-refractivity contribution is 7.80. The highest BCUT2D eigenvalue weighted by atomic mass is 32.1. The highest BCUT2D eigenvalue weighted by Crippen LogP contribution is 2.05. The van der Waals surface area contributed by atoms with Crippen LogP contribution in [0.15, 0.2) is 18.5 Å². The molecule has 4 heteroatoms. The fourth-order valence-electron chi connectivity index (χ4n) is 0.766. The molecule has 1 aromatic rings. The van der Waals surface area contributed by atoms with Crippen LogP contribution in [0.5, 0.6) is 0 Å². The van der Waals surface area contributed by atoms with Crippen molar-refractivity contribution in [3.63, 3.8) is 0 Å². The molecule has 1 rings (SSSR count). The minimum Gasteiger partial charge on any atom is -0.376 e. The van der Waals surface area contributed by atoms with E-state index in [9.17, 15) is 0 Å². The molecule has 0 aliphatic heterocycles. The van der Waals surface area contributed by atoms with E-state index < -0.39 is 0 Å². The van der Waals surface area contributed by atoms with Gasteiger partial charge in [-0.3, -0.25) is 4.98 Å². The average molecular weight is 167 g/mol. The molecule has 0 radical (unpaired) electrons. The van der Waals surface area contributed by atoms with Gasteiger partial charge in [-0.25, -0.2) is 0 Å². The molecule has 1 heterocycles. The Morgan fingerprint density at radius 1 is 1.64 bits per heavy atom. The lowest BCUT2D eigenvalue weighted by Crippen LogP contribution is -2.18. The summed E-state index contributed by atoms with van der Waals surface area (Å²) in [6.07, 6.45) is 3.44. The summed E-state index contributed by atoms with van der Waals surface area (Å²) >= 11 is 4.66. The number of hydrogen-bond acceptors (Lipinski definition) is 2. The molecule has 3 nitrogen and oxygen atoms in total. The van der Waals surface area contributed by atoms with Gasteiger partial charge >= 0.3 is 0 Å². The quantitative estimate of drug-likeness (QED) is 0.614. The lowest BCUT2D eigenvalue weighted by molar-refractivity contribution is 1.27. The van der Waals surface area contributed by atoms with Crippen molar-refractivity contribution < 1.29 is 0 Å². The molecule has 0 fully saturated rings. The van der Waals surface area contributed by atoms with Gasteiger partial charge in [0.05, 0.1) is 11.9 Å². The number of hydrogen-bond donors (Lipinski definition) is 2. The second-order valence-electron chi connectivity index (χ2n) is 2.24. The zero-order chi connectivity index (χ0) is 8.27. The Bertz CT molecular complexity index is 272. The molecule has 0 aromatic carbocycles. The summed E-state index contributed by atoms with van der Waals surface area (Å²) < 4.78 is 0. The number of aromatic nitrogens is 1. The summed E-state index contributed by atoms with van der Waals surface area (Å²) in [7, 11) is 0. The lowest BCUT2D eigenvalue weighted by atomic mass is 10.3. The summed E-state index contributed by atoms with van der Waals surface area (Å²) in [6.45, 7) is 1.96. The number of nitrogens with two attached hydrogens (primary N) is 1. The van der Waals surface area contributed by atoms with Gasteiger partial charge in [0.1, 0.15) is 0 Å². The summed E-state index contributed by atoms with van der Waals surface area (Å²) in [5.74, 6) is 0. The monoisotopic (exact) mass is 167 g/mol. The van der Waals surface area contributed by atoms with Crippen molar-refractivity contribution in [1.82, 2.24) is 4.98 Å². The first-order chi connectivity index (χ1) is 5.18. The maximum atomic E-state index is 5.27. The van der Waals surface area contributed by atoms with E-state index in [4.69, 9.17) is 5.73 Å². The highest BCUT2D eigenvalue weighted by Gasteiger charge is 1.92. The zero-order valence-corrected chi connectivity index (χ0v) is 6.98. The fraction of sp³-hybridized carbons (Fsp3) is 0.143. The topological polar surface area (TPSA) is 50.9 Å². The Hall–Kier alpha value is -1.16. The van der Waals surface area contributed by atoms with E-state index in [1.165, 1.54) is 0 Å². The van der Waals surface area contributed by atoms with E-state index in [1.807, 2.05) is 13.0 Å². The van der Waals surface area contributed by atoms with Crippen LogP contribution in [0.4, 0.5) is 5.69 Å². The molecule has 0 atom stereocenters. The van der Waals surface area contributed by atoms with Crippen molar-refractivity contribution in [2.75, 3.05) is 5.32 Å². The van der Waals surface area contributed by atoms with Gasteiger partial charge in [0.2, 0.25) is 0 Å². The molecule has 3 N–H and O–H groups in total. The van der Waals surface area contributed by atoms with Crippen molar-refractivity contribution in [3.05, 3.63) is 24.0 Å². The van der Waals surface area contributed by atoms with Gasteiger partial charge in [0, 0.05) is 6.20 Å². The third kappa shape index (κ3) is 2.51. The standard InChI is InChI=1S/C7H9N3S/c1-5-2-6(4-9-3-5)10-7(8)11/h2-4H,1H3,(H3,8,10,11). The Kier molecular flexibility index (Phi) is 2.38. The van der Waals surface area contributed by atoms with Gasteiger partial charge in [-0.15, -0.1) is 0 Å². The lowest BCUT2D eigenvalue weighted by Gasteiger charge is -2.02. The third-order valence-electron chi connectivity index (χ3n) is 1.14. The first-order valence-electron chi connectivity index (χ1n) is 3.16. The Morgan fingerprint density at radius 2 is 2.36 bits per heavy atom. The van der Waals surface area contributed by atoms with Crippen LogP contribution in [0.1, 0.15) is 5.56 Å². The van der Waals surface area contributed by atoms with E-state index in [0.29, 0.717) is 0 Å². The predicted octanol–water partition coefficient (Wildman–Crippen LogP) is 1.05. The molecule has 0 saturated heterocycles. The Balaban J connectivity index is 2.79. The van der Waals surface area contributed by atoms with Crippen LogP contribution in [-0.2, 0) is 0 Å². The number of pyridine rings is 1. The first kappa shape index (κ1) is 7.94. The molecule has 58 valence electrons.